The van der Waals surface area contributed by atoms with Crippen molar-refractivity contribution in [1.82, 2.24) is 4.98 Å². The molecule has 1 unspecified atom stereocenters. The second-order valence-electron chi connectivity index (χ2n) is 2.39. The lowest BCUT2D eigenvalue weighted by Crippen LogP contribution is -2.34. The molecule has 1 aliphatic heterocycles. The Morgan fingerprint density at radius 3 is 3.64 bits per heavy atom. The summed E-state index contributed by atoms with van der Waals surface area (Å²) in [5, 5.41) is 0. The number of pyridine rings is 1. The van der Waals surface area contributed by atoms with E-state index in [4.69, 9.17) is 26.3 Å². The van der Waals surface area contributed by atoms with Crippen molar-refractivity contribution in [3.05, 3.63) is 18.3 Å². The number of hydrogen-bond acceptors (Lipinski definition) is 3. The number of hydrogen-bond donors (Lipinski definition) is 1. The minimum Gasteiger partial charge on any atom is -0.384 e. The third-order valence-electron chi connectivity index (χ3n) is 1.39. The molecule has 2 heterocycles. The van der Waals surface area contributed by atoms with Crippen LogP contribution in [0.1, 0.15) is 40.2 Å². The lowest BCUT2D eigenvalue weighted by Gasteiger charge is -2.32. The van der Waals surface area contributed by atoms with E-state index >= 15 is 0 Å². The molecule has 1 aromatic heterocycles. The molecule has 2 rings (SSSR count). The minimum absolute atomic E-state index is 0.282. The van der Waals surface area contributed by atoms with Crippen molar-refractivity contribution >= 4 is 11.5 Å². The maximum absolute atomic E-state index is 8.25. The summed E-state index contributed by atoms with van der Waals surface area (Å²) in [6.45, 7) is -11.3. The Bertz CT molecular complexity index is 847. The number of rotatable bonds is 1. The van der Waals surface area contributed by atoms with Crippen LogP contribution in [0, 0.1) is 5.89 Å². The van der Waals surface area contributed by atoms with Gasteiger partial charge < -0.3 is 10.6 Å². The fraction of sp³-hybridized carbons (Fsp3) is 0.545. The van der Waals surface area contributed by atoms with Gasteiger partial charge in [0.25, 0.3) is 0 Å². The third-order valence-corrected chi connectivity index (χ3v) is 1.39. The zero-order valence-corrected chi connectivity index (χ0v) is 6.97. The zero-order valence-electron chi connectivity index (χ0n) is 22.0. The maximum Gasteiger partial charge on any atom is 0.123 e. The Hall–Kier alpha value is -1.25. The Morgan fingerprint density at radius 1 is 1.86 bits per heavy atom. The summed E-state index contributed by atoms with van der Waals surface area (Å²) in [5.74, 6) is -4.54. The lowest BCUT2D eigenvalue weighted by atomic mass is 10.00. The van der Waals surface area contributed by atoms with Gasteiger partial charge in [0.1, 0.15) is 5.82 Å². The van der Waals surface area contributed by atoms with Crippen LogP contribution in [0.15, 0.2) is 18.3 Å². The van der Waals surface area contributed by atoms with Gasteiger partial charge in [-0.25, -0.2) is 4.98 Å². The van der Waals surface area contributed by atoms with Crippen LogP contribution in [0.25, 0.3) is 0 Å². The average molecular weight is 206 g/mol. The molecule has 1 aromatic rings. The molecule has 0 saturated carbocycles. The standard InChI is InChI=1S/C11H17N3/c1-9-3-2-6-14(8-9)10-4-5-11(12)13-7-10/h4-5,7,9H,2-3,6,8H2,1H3,(H2,12,13)/i1D3,2D2,3D2,4D,5D,6D2,7D,8D2,9D. The molecule has 0 bridgehead atoms. The smallest absolute Gasteiger partial charge is 0.123 e. The van der Waals surface area contributed by atoms with E-state index in [0.717, 1.165) is 0 Å². The lowest BCUT2D eigenvalue weighted by molar-refractivity contribution is 0.446. The van der Waals surface area contributed by atoms with Crippen LogP contribution in [-0.2, 0) is 0 Å². The normalized spacial score (nSPS) is 58.6. The largest absolute Gasteiger partial charge is 0.384 e. The van der Waals surface area contributed by atoms with E-state index in [1.54, 1.807) is 0 Å². The molecular weight excluding hydrogens is 174 g/mol. The number of nitrogens with zero attached hydrogens (tertiary/aromatic N) is 2. The molecule has 0 aliphatic carbocycles. The van der Waals surface area contributed by atoms with E-state index in [0.29, 0.717) is 0 Å². The van der Waals surface area contributed by atoms with Crippen molar-refractivity contribution in [2.75, 3.05) is 23.6 Å². The Balaban J connectivity index is 3.07. The molecule has 3 nitrogen and oxygen atoms in total. The molecule has 0 aromatic carbocycles. The molecule has 1 saturated heterocycles. The van der Waals surface area contributed by atoms with E-state index in [-0.39, 0.29) is 4.90 Å². The molecular formula is C11H17N3. The second kappa shape index (κ2) is 3.86. The van der Waals surface area contributed by atoms with Gasteiger partial charge in [0.15, 0.2) is 0 Å². The van der Waals surface area contributed by atoms with Crippen molar-refractivity contribution in [3.63, 3.8) is 0 Å². The molecule has 0 spiro atoms. The van der Waals surface area contributed by atoms with Crippen LogP contribution in [-0.4, -0.2) is 18.0 Å². The summed E-state index contributed by atoms with van der Waals surface area (Å²) in [6, 6.07) is -1.91. The predicted octanol–water partition coefficient (Wildman–Crippen LogP) is 1.90. The van der Waals surface area contributed by atoms with Crippen molar-refractivity contribution in [2.45, 2.75) is 19.6 Å². The van der Waals surface area contributed by atoms with Crippen LogP contribution in [0.5, 0.6) is 0 Å². The first-order valence-corrected chi connectivity index (χ1v) is 3.66. The summed E-state index contributed by atoms with van der Waals surface area (Å²) in [5.41, 5.74) is 4.24. The third kappa shape index (κ3) is 1.97. The van der Waals surface area contributed by atoms with Gasteiger partial charge in [-0.3, -0.25) is 0 Å². The molecule has 14 heavy (non-hydrogen) atoms. The van der Waals surface area contributed by atoms with Crippen LogP contribution in [0.3, 0.4) is 0 Å². The first-order chi connectivity index (χ1) is 12.6. The predicted molar refractivity (Wildman–Crippen MR) is 59.3 cm³/mol. The van der Waals surface area contributed by atoms with E-state index < -0.39 is 68.2 Å². The quantitative estimate of drug-likeness (QED) is 0.763. The van der Waals surface area contributed by atoms with Gasteiger partial charge in [-0.1, -0.05) is 6.85 Å². The summed E-state index contributed by atoms with van der Waals surface area (Å²) < 4.78 is 119. The van der Waals surface area contributed by atoms with Gasteiger partial charge in [0.05, 0.1) is 16.0 Å². The molecule has 0 radical (unpaired) electrons. The maximum atomic E-state index is 8.25. The molecule has 3 heteroatoms. The Morgan fingerprint density at radius 2 is 2.79 bits per heavy atom. The van der Waals surface area contributed by atoms with E-state index in [9.17, 15) is 0 Å². The highest BCUT2D eigenvalue weighted by molar-refractivity contribution is 5.48. The first kappa shape index (κ1) is 2.13. The van der Waals surface area contributed by atoms with E-state index in [1.165, 1.54) is 0 Å². The van der Waals surface area contributed by atoms with Crippen molar-refractivity contribution < 1.29 is 20.6 Å². The van der Waals surface area contributed by atoms with Crippen LogP contribution < -0.4 is 10.6 Å². The van der Waals surface area contributed by atoms with Gasteiger partial charge in [-0.15, -0.1) is 0 Å². The van der Waals surface area contributed by atoms with Crippen LogP contribution in [0.2, 0.25) is 0 Å². The number of anilines is 2. The van der Waals surface area contributed by atoms with Gasteiger partial charge >= 0.3 is 0 Å². The van der Waals surface area contributed by atoms with Gasteiger partial charge in [-0.05, 0) is 30.7 Å². The van der Waals surface area contributed by atoms with Crippen molar-refractivity contribution in [3.8, 4) is 0 Å². The molecule has 2 N–H and O–H groups in total. The van der Waals surface area contributed by atoms with Crippen LogP contribution >= 0.6 is 0 Å². The van der Waals surface area contributed by atoms with Gasteiger partial charge in [0.2, 0.25) is 0 Å². The number of piperidine rings is 1. The van der Waals surface area contributed by atoms with Gasteiger partial charge in [0, 0.05) is 29.4 Å². The number of nitrogens with two attached hydrogens (primary N) is 1. The number of aromatic nitrogens is 1. The molecule has 1 atom stereocenters. The summed E-state index contributed by atoms with van der Waals surface area (Å²) in [4.78, 5) is 3.10. The Labute approximate surface area is 106 Å². The average Bonchev–Trinajstić information content (AvgIpc) is 2.52. The van der Waals surface area contributed by atoms with Gasteiger partial charge in [-0.2, -0.15) is 0 Å². The summed E-state index contributed by atoms with van der Waals surface area (Å²) >= 11 is 0. The van der Waals surface area contributed by atoms with Crippen LogP contribution in [0.4, 0.5) is 11.5 Å². The Kier molecular flexibility index (Phi) is 0.588. The van der Waals surface area contributed by atoms with E-state index in [1.807, 2.05) is 0 Å². The fourth-order valence-corrected chi connectivity index (χ4v) is 0.824. The molecule has 1 aliphatic rings. The topological polar surface area (TPSA) is 42.1 Å². The number of nitrogen functional groups attached to an aromatic ring is 1. The minimum atomic E-state index is -3.91. The first-order valence-electron chi connectivity index (χ1n) is 11.2. The SMILES string of the molecule is [2H]c1nc(N)c([2H])c([2H])c1N1C([2H])([2H])C([2H])([2H])C([2H])([2H])C([2H])(C([2H])([2H])[2H])C1([2H])[2H]. The monoisotopic (exact) mass is 206 g/mol. The van der Waals surface area contributed by atoms with Crippen molar-refractivity contribution in [1.29, 1.82) is 0 Å². The second-order valence-corrected chi connectivity index (χ2v) is 2.39. The molecule has 0 amide bonds. The zero-order chi connectivity index (χ0) is 23.2. The highest BCUT2D eigenvalue weighted by atomic mass is 15.1. The summed E-state index contributed by atoms with van der Waals surface area (Å²) in [7, 11) is 0. The van der Waals surface area contributed by atoms with E-state index in [2.05, 4.69) is 4.98 Å². The highest BCUT2D eigenvalue weighted by Crippen LogP contribution is 2.22. The fourth-order valence-electron chi connectivity index (χ4n) is 0.824. The van der Waals surface area contributed by atoms with Crippen molar-refractivity contribution in [2.24, 2.45) is 5.89 Å². The summed E-state index contributed by atoms with van der Waals surface area (Å²) in [6.07, 6.45) is -8.78. The highest BCUT2D eigenvalue weighted by Gasteiger charge is 2.16. The molecule has 76 valence electrons. The molecule has 1 fully saturated rings.